The summed E-state index contributed by atoms with van der Waals surface area (Å²) in [5.74, 6) is 1.24. The zero-order chi connectivity index (χ0) is 16.7. The van der Waals surface area contributed by atoms with Crippen LogP contribution in [-0.2, 0) is 6.54 Å². The lowest BCUT2D eigenvalue weighted by atomic mass is 10.2. The van der Waals surface area contributed by atoms with Crippen LogP contribution in [0, 0.1) is 0 Å². The van der Waals surface area contributed by atoms with Gasteiger partial charge in [-0.3, -0.25) is 9.39 Å². The topological polar surface area (TPSA) is 66.6 Å². The molecule has 0 aliphatic carbocycles. The van der Waals surface area contributed by atoms with Gasteiger partial charge in [-0.25, -0.2) is 0 Å². The van der Waals surface area contributed by atoms with E-state index in [2.05, 4.69) is 25.8 Å². The number of aliphatic imine (C=N–C) groups is 1. The third kappa shape index (κ3) is 5.42. The number of aromatic nitrogens is 3. The minimum atomic E-state index is -4.09. The van der Waals surface area contributed by atoms with Crippen LogP contribution < -0.4 is 10.6 Å². The largest absolute Gasteiger partial charge is 0.389 e. The van der Waals surface area contributed by atoms with Crippen molar-refractivity contribution in [3.05, 3.63) is 30.2 Å². The molecule has 0 atom stereocenters. The Morgan fingerprint density at radius 3 is 2.78 bits per heavy atom. The van der Waals surface area contributed by atoms with E-state index < -0.39 is 12.6 Å². The molecule has 0 aromatic carbocycles. The van der Waals surface area contributed by atoms with E-state index in [-0.39, 0.29) is 6.42 Å². The predicted octanol–water partition coefficient (Wildman–Crippen LogP) is 2.13. The molecular formula is C14H19F3N6. The van der Waals surface area contributed by atoms with Crippen molar-refractivity contribution < 1.29 is 13.2 Å². The Bertz CT molecular complexity index is 649. The van der Waals surface area contributed by atoms with E-state index in [0.717, 1.165) is 11.5 Å². The Balaban J connectivity index is 1.75. The lowest BCUT2D eigenvalue weighted by molar-refractivity contribution is -0.135. The number of halogens is 3. The summed E-state index contributed by atoms with van der Waals surface area (Å²) >= 11 is 0. The summed E-state index contributed by atoms with van der Waals surface area (Å²) in [6.45, 7) is 0.837. The quantitative estimate of drug-likeness (QED) is 0.484. The van der Waals surface area contributed by atoms with E-state index in [4.69, 9.17) is 0 Å². The normalized spacial score (nSPS) is 12.6. The highest BCUT2D eigenvalue weighted by molar-refractivity contribution is 5.79. The van der Waals surface area contributed by atoms with Crippen LogP contribution in [0.25, 0.3) is 5.65 Å². The third-order valence-corrected chi connectivity index (χ3v) is 3.20. The SMILES string of the molecule is CN=C(NCCCCC(F)(F)F)NCc1nnc2ccccn12. The molecule has 2 heterocycles. The molecule has 0 aliphatic rings. The molecule has 0 radical (unpaired) electrons. The lowest BCUT2D eigenvalue weighted by Crippen LogP contribution is -2.37. The third-order valence-electron chi connectivity index (χ3n) is 3.20. The van der Waals surface area contributed by atoms with Crippen molar-refractivity contribution in [1.29, 1.82) is 0 Å². The van der Waals surface area contributed by atoms with Crippen LogP contribution in [0.3, 0.4) is 0 Å². The van der Waals surface area contributed by atoms with E-state index in [9.17, 15) is 13.2 Å². The molecule has 0 amide bonds. The van der Waals surface area contributed by atoms with Crippen molar-refractivity contribution in [1.82, 2.24) is 25.2 Å². The number of hydrogen-bond donors (Lipinski definition) is 2. The number of nitrogens with zero attached hydrogens (tertiary/aromatic N) is 4. The number of hydrogen-bond acceptors (Lipinski definition) is 3. The van der Waals surface area contributed by atoms with Crippen molar-refractivity contribution in [2.45, 2.75) is 32.0 Å². The summed E-state index contributed by atoms with van der Waals surface area (Å²) in [6.07, 6.45) is -2.46. The minimum Gasteiger partial charge on any atom is -0.356 e. The molecule has 0 bridgehead atoms. The zero-order valence-corrected chi connectivity index (χ0v) is 12.8. The highest BCUT2D eigenvalue weighted by Crippen LogP contribution is 2.21. The molecule has 2 aromatic heterocycles. The summed E-state index contributed by atoms with van der Waals surface area (Å²) in [6, 6.07) is 5.61. The van der Waals surface area contributed by atoms with E-state index in [1.165, 1.54) is 0 Å². The fourth-order valence-corrected chi connectivity index (χ4v) is 2.05. The van der Waals surface area contributed by atoms with Gasteiger partial charge in [-0.15, -0.1) is 10.2 Å². The first-order valence-corrected chi connectivity index (χ1v) is 7.29. The second-order valence-corrected chi connectivity index (χ2v) is 4.97. The maximum Gasteiger partial charge on any atom is 0.389 e. The second-order valence-electron chi connectivity index (χ2n) is 4.97. The highest BCUT2D eigenvalue weighted by atomic mass is 19.4. The van der Waals surface area contributed by atoms with Crippen molar-refractivity contribution in [2.75, 3.05) is 13.6 Å². The van der Waals surface area contributed by atoms with Gasteiger partial charge in [0.15, 0.2) is 17.4 Å². The monoisotopic (exact) mass is 328 g/mol. The molecule has 2 aromatic rings. The number of rotatable bonds is 6. The standard InChI is InChI=1S/C14H19F3N6/c1-18-13(19-8-4-3-7-14(15,16)17)20-10-12-22-21-11-6-2-5-9-23(11)12/h2,5-6,9H,3-4,7-8,10H2,1H3,(H2,18,19,20). The number of guanidine groups is 1. The van der Waals surface area contributed by atoms with Gasteiger partial charge in [0.05, 0.1) is 6.54 Å². The van der Waals surface area contributed by atoms with E-state index in [0.29, 0.717) is 25.5 Å². The number of fused-ring (bicyclic) bond motifs is 1. The first-order chi connectivity index (χ1) is 11.0. The van der Waals surface area contributed by atoms with Crippen LogP contribution in [0.15, 0.2) is 29.4 Å². The summed E-state index contributed by atoms with van der Waals surface area (Å²) in [7, 11) is 1.60. The Morgan fingerprint density at radius 2 is 2.04 bits per heavy atom. The lowest BCUT2D eigenvalue weighted by Gasteiger charge is -2.11. The molecule has 2 N–H and O–H groups in total. The molecule has 0 aliphatic heterocycles. The summed E-state index contributed by atoms with van der Waals surface area (Å²) in [5, 5.41) is 14.2. The van der Waals surface area contributed by atoms with Crippen LogP contribution in [-0.4, -0.2) is 40.3 Å². The average molecular weight is 328 g/mol. The molecular weight excluding hydrogens is 309 g/mol. The number of pyridine rings is 1. The molecule has 9 heteroatoms. The van der Waals surface area contributed by atoms with E-state index in [1.807, 2.05) is 28.8 Å². The van der Waals surface area contributed by atoms with Gasteiger partial charge in [-0.1, -0.05) is 6.07 Å². The maximum atomic E-state index is 12.0. The van der Waals surface area contributed by atoms with Crippen LogP contribution in [0.1, 0.15) is 25.1 Å². The first-order valence-electron chi connectivity index (χ1n) is 7.29. The summed E-state index contributed by atoms with van der Waals surface area (Å²) in [5.41, 5.74) is 0.749. The van der Waals surface area contributed by atoms with E-state index in [1.54, 1.807) is 7.05 Å². The van der Waals surface area contributed by atoms with Crippen LogP contribution in [0.2, 0.25) is 0 Å². The summed E-state index contributed by atoms with van der Waals surface area (Å²) < 4.78 is 38.0. The van der Waals surface area contributed by atoms with Crippen molar-refractivity contribution in [2.24, 2.45) is 4.99 Å². The molecule has 0 spiro atoms. The molecule has 126 valence electrons. The Kier molecular flexibility index (Phi) is 5.78. The number of nitrogens with one attached hydrogen (secondary N) is 2. The van der Waals surface area contributed by atoms with E-state index >= 15 is 0 Å². The maximum absolute atomic E-state index is 12.0. The Labute approximate surface area is 131 Å². The van der Waals surface area contributed by atoms with Gasteiger partial charge in [0.2, 0.25) is 0 Å². The van der Waals surface area contributed by atoms with Gasteiger partial charge < -0.3 is 10.6 Å². The molecule has 2 rings (SSSR count). The molecule has 0 saturated heterocycles. The fraction of sp³-hybridized carbons (Fsp3) is 0.500. The smallest absolute Gasteiger partial charge is 0.356 e. The van der Waals surface area contributed by atoms with Gasteiger partial charge in [0.1, 0.15) is 0 Å². The molecule has 23 heavy (non-hydrogen) atoms. The Hall–Kier alpha value is -2.32. The van der Waals surface area contributed by atoms with Crippen molar-refractivity contribution >= 4 is 11.6 Å². The fourth-order valence-electron chi connectivity index (χ4n) is 2.05. The molecule has 0 unspecified atom stereocenters. The van der Waals surface area contributed by atoms with Gasteiger partial charge >= 0.3 is 6.18 Å². The van der Waals surface area contributed by atoms with Gasteiger partial charge in [0.25, 0.3) is 0 Å². The summed E-state index contributed by atoms with van der Waals surface area (Å²) in [4.78, 5) is 4.03. The van der Waals surface area contributed by atoms with Crippen LogP contribution in [0.5, 0.6) is 0 Å². The predicted molar refractivity (Wildman–Crippen MR) is 81.1 cm³/mol. The zero-order valence-electron chi connectivity index (χ0n) is 12.8. The van der Waals surface area contributed by atoms with Crippen molar-refractivity contribution in [3.8, 4) is 0 Å². The average Bonchev–Trinajstić information content (AvgIpc) is 2.92. The van der Waals surface area contributed by atoms with Gasteiger partial charge in [-0.2, -0.15) is 13.2 Å². The second kappa shape index (κ2) is 7.80. The Morgan fingerprint density at radius 1 is 1.22 bits per heavy atom. The first kappa shape index (κ1) is 17.0. The highest BCUT2D eigenvalue weighted by Gasteiger charge is 2.25. The van der Waals surface area contributed by atoms with Crippen molar-refractivity contribution in [3.63, 3.8) is 0 Å². The number of unbranched alkanes of at least 4 members (excludes halogenated alkanes) is 1. The molecule has 0 saturated carbocycles. The molecule has 0 fully saturated rings. The molecule has 6 nitrogen and oxygen atoms in total. The van der Waals surface area contributed by atoms with Crippen LogP contribution >= 0.6 is 0 Å². The van der Waals surface area contributed by atoms with Gasteiger partial charge in [0, 0.05) is 26.2 Å². The van der Waals surface area contributed by atoms with Gasteiger partial charge in [-0.05, 0) is 25.0 Å². The van der Waals surface area contributed by atoms with Crippen LogP contribution in [0.4, 0.5) is 13.2 Å². The minimum absolute atomic E-state index is 0.0995. The number of alkyl halides is 3.